The maximum atomic E-state index is 4.09. The largest absolute Gasteiger partial charge is 0.368 e. The first kappa shape index (κ1) is 14.3. The third kappa shape index (κ3) is 4.53. The molecule has 0 amide bonds. The molecule has 3 rings (SSSR count). The molecule has 0 saturated heterocycles. The fourth-order valence-electron chi connectivity index (χ4n) is 2.08. The average molecular weight is 270 g/mol. The molecule has 20 heavy (non-hydrogen) atoms. The third-order valence-electron chi connectivity index (χ3n) is 3.20. The van der Waals surface area contributed by atoms with Crippen molar-refractivity contribution in [2.45, 2.75) is 39.0 Å². The van der Waals surface area contributed by atoms with E-state index in [0.717, 1.165) is 17.5 Å². The Kier molecular flexibility index (Phi) is 5.83. The van der Waals surface area contributed by atoms with Crippen molar-refractivity contribution >= 4 is 11.0 Å². The molecule has 0 atom stereocenters. The number of H-pyrrole nitrogens is 2. The van der Waals surface area contributed by atoms with Crippen molar-refractivity contribution in [3.8, 4) is 0 Å². The van der Waals surface area contributed by atoms with Gasteiger partial charge in [-0.15, -0.1) is 0 Å². The Morgan fingerprint density at radius 2 is 1.75 bits per heavy atom. The van der Waals surface area contributed by atoms with Crippen LogP contribution in [0.1, 0.15) is 38.2 Å². The number of nitrogens with zero attached hydrogens (tertiary/aromatic N) is 2. The number of fused-ring (bicyclic) bond motifs is 1. The van der Waals surface area contributed by atoms with Crippen LogP contribution in [-0.2, 0) is 6.42 Å². The van der Waals surface area contributed by atoms with Gasteiger partial charge >= 0.3 is 0 Å². The van der Waals surface area contributed by atoms with Crippen molar-refractivity contribution < 1.29 is 0 Å². The van der Waals surface area contributed by atoms with E-state index in [1.165, 1.54) is 31.2 Å². The summed E-state index contributed by atoms with van der Waals surface area (Å²) in [6.45, 7) is 2.24. The zero-order valence-corrected chi connectivity index (χ0v) is 12.0. The number of benzene rings is 1. The molecule has 0 spiro atoms. The topological polar surface area (TPSA) is 57.4 Å². The maximum absolute atomic E-state index is 4.09. The average Bonchev–Trinajstić information content (AvgIpc) is 3.16. The minimum Gasteiger partial charge on any atom is -0.368 e. The number of aromatic amines is 2. The number of aryl methyl sites for hydroxylation is 1. The van der Waals surface area contributed by atoms with E-state index in [4.69, 9.17) is 0 Å². The minimum absolute atomic E-state index is 0.951. The highest BCUT2D eigenvalue weighted by Crippen LogP contribution is 2.13. The van der Waals surface area contributed by atoms with E-state index in [9.17, 15) is 0 Å². The van der Waals surface area contributed by atoms with Gasteiger partial charge in [0.15, 0.2) is 0 Å². The Hall–Kier alpha value is -2.10. The van der Waals surface area contributed by atoms with Crippen LogP contribution in [0.4, 0.5) is 0 Å². The molecule has 3 aromatic rings. The number of unbranched alkanes of at least 4 members (excludes halogenated alkanes) is 3. The molecule has 0 unspecified atom stereocenters. The van der Waals surface area contributed by atoms with Crippen molar-refractivity contribution in [2.24, 2.45) is 0 Å². The van der Waals surface area contributed by atoms with E-state index in [-0.39, 0.29) is 0 Å². The van der Waals surface area contributed by atoms with Crippen LogP contribution >= 0.6 is 0 Å². The molecule has 2 N–H and O–H groups in total. The number of rotatable bonds is 5. The number of aromatic nitrogens is 4. The van der Waals surface area contributed by atoms with E-state index in [1.807, 2.05) is 30.6 Å². The fraction of sp³-hybridized carbons (Fsp3) is 0.375. The molecule has 0 aliphatic heterocycles. The minimum atomic E-state index is 0.951. The summed E-state index contributed by atoms with van der Waals surface area (Å²) in [5.74, 6) is 0. The van der Waals surface area contributed by atoms with Crippen molar-refractivity contribution in [1.29, 1.82) is 0 Å². The highest BCUT2D eigenvalue weighted by Gasteiger charge is 1.99. The lowest BCUT2D eigenvalue weighted by molar-refractivity contribution is 0.667. The predicted molar refractivity (Wildman–Crippen MR) is 82.5 cm³/mol. The molecule has 4 nitrogen and oxygen atoms in total. The van der Waals surface area contributed by atoms with Crippen LogP contribution in [0.15, 0.2) is 42.7 Å². The Bertz CT molecular complexity index is 566. The van der Waals surface area contributed by atoms with E-state index in [2.05, 4.69) is 39.5 Å². The Morgan fingerprint density at radius 3 is 2.45 bits per heavy atom. The molecule has 0 aliphatic carbocycles. The summed E-state index contributed by atoms with van der Waals surface area (Å²) in [6, 6.07) is 10.2. The van der Waals surface area contributed by atoms with Crippen molar-refractivity contribution in [3.63, 3.8) is 0 Å². The summed E-state index contributed by atoms with van der Waals surface area (Å²) < 4.78 is 0. The van der Waals surface area contributed by atoms with Crippen LogP contribution < -0.4 is 0 Å². The smallest absolute Gasteiger partial charge is 0.113 e. The van der Waals surface area contributed by atoms with Crippen LogP contribution in [0.25, 0.3) is 11.0 Å². The standard InChI is InChI=1S/C12H17N3.C4H5N/c1-2-3-4-5-6-10-7-8-11-12(9-10)14-15-13-11;1-2-4-5-3-1/h7-9H,2-6H2,1H3,(H,13,14,15);1-5H. The van der Waals surface area contributed by atoms with E-state index in [0.29, 0.717) is 0 Å². The second-order valence-electron chi connectivity index (χ2n) is 4.84. The van der Waals surface area contributed by atoms with Gasteiger partial charge < -0.3 is 4.98 Å². The highest BCUT2D eigenvalue weighted by atomic mass is 15.3. The summed E-state index contributed by atoms with van der Waals surface area (Å²) in [6.07, 6.45) is 10.1. The first-order valence-electron chi connectivity index (χ1n) is 7.27. The quantitative estimate of drug-likeness (QED) is 0.686. The number of nitrogens with one attached hydrogen (secondary N) is 2. The van der Waals surface area contributed by atoms with Gasteiger partial charge in [0.1, 0.15) is 11.0 Å². The molecule has 0 bridgehead atoms. The van der Waals surface area contributed by atoms with Crippen molar-refractivity contribution in [2.75, 3.05) is 0 Å². The van der Waals surface area contributed by atoms with Crippen LogP contribution in [0.5, 0.6) is 0 Å². The molecule has 2 aromatic heterocycles. The Balaban J connectivity index is 0.000000247. The van der Waals surface area contributed by atoms with Crippen molar-refractivity contribution in [1.82, 2.24) is 20.4 Å². The van der Waals surface area contributed by atoms with Gasteiger partial charge in [-0.05, 0) is 42.7 Å². The summed E-state index contributed by atoms with van der Waals surface area (Å²) in [5.41, 5.74) is 3.29. The maximum Gasteiger partial charge on any atom is 0.113 e. The van der Waals surface area contributed by atoms with Crippen molar-refractivity contribution in [3.05, 3.63) is 48.3 Å². The van der Waals surface area contributed by atoms with Gasteiger partial charge in [-0.3, -0.25) is 0 Å². The van der Waals surface area contributed by atoms with Crippen LogP contribution in [0, 0.1) is 0 Å². The van der Waals surface area contributed by atoms with Gasteiger partial charge in [0.05, 0.1) is 0 Å². The molecule has 1 aromatic carbocycles. The van der Waals surface area contributed by atoms with E-state index < -0.39 is 0 Å². The van der Waals surface area contributed by atoms with Crippen LogP contribution in [-0.4, -0.2) is 20.4 Å². The molecular weight excluding hydrogens is 248 g/mol. The highest BCUT2D eigenvalue weighted by molar-refractivity contribution is 5.74. The molecule has 0 radical (unpaired) electrons. The lowest BCUT2D eigenvalue weighted by Crippen LogP contribution is -1.85. The molecule has 106 valence electrons. The molecule has 0 saturated carbocycles. The van der Waals surface area contributed by atoms with Crippen LogP contribution in [0.2, 0.25) is 0 Å². The van der Waals surface area contributed by atoms with Gasteiger partial charge in [0, 0.05) is 12.4 Å². The molecule has 2 heterocycles. The zero-order valence-electron chi connectivity index (χ0n) is 12.0. The second-order valence-corrected chi connectivity index (χ2v) is 4.84. The molecular formula is C16H22N4. The third-order valence-corrected chi connectivity index (χ3v) is 3.20. The van der Waals surface area contributed by atoms with E-state index >= 15 is 0 Å². The Morgan fingerprint density at radius 1 is 0.950 bits per heavy atom. The van der Waals surface area contributed by atoms with Gasteiger partial charge in [-0.1, -0.05) is 32.3 Å². The summed E-state index contributed by atoms with van der Waals surface area (Å²) in [5, 5.41) is 10.8. The summed E-state index contributed by atoms with van der Waals surface area (Å²) >= 11 is 0. The Labute approximate surface area is 119 Å². The molecule has 0 aliphatic rings. The normalized spacial score (nSPS) is 10.2. The summed E-state index contributed by atoms with van der Waals surface area (Å²) in [7, 11) is 0. The van der Waals surface area contributed by atoms with Gasteiger partial charge in [0.25, 0.3) is 0 Å². The SMILES string of the molecule is CCCCCCc1ccc2n[nH]nc2c1.c1cc[nH]c1. The van der Waals surface area contributed by atoms with E-state index in [1.54, 1.807) is 0 Å². The van der Waals surface area contributed by atoms with Crippen LogP contribution in [0.3, 0.4) is 0 Å². The first-order chi connectivity index (χ1) is 9.90. The molecule has 4 heteroatoms. The number of hydrogen-bond donors (Lipinski definition) is 2. The second kappa shape index (κ2) is 8.15. The first-order valence-corrected chi connectivity index (χ1v) is 7.27. The molecule has 0 fully saturated rings. The zero-order chi connectivity index (χ0) is 14.0. The lowest BCUT2D eigenvalue weighted by atomic mass is 10.1. The summed E-state index contributed by atoms with van der Waals surface area (Å²) in [4.78, 5) is 2.86. The fourth-order valence-corrected chi connectivity index (χ4v) is 2.08. The van der Waals surface area contributed by atoms with Gasteiger partial charge in [0.2, 0.25) is 0 Å². The lowest BCUT2D eigenvalue weighted by Gasteiger charge is -2.00. The monoisotopic (exact) mass is 270 g/mol. The predicted octanol–water partition coefficient (Wildman–Crippen LogP) is 4.10. The van der Waals surface area contributed by atoms with Gasteiger partial charge in [-0.25, -0.2) is 0 Å². The number of hydrogen-bond acceptors (Lipinski definition) is 2. The van der Waals surface area contributed by atoms with Gasteiger partial charge in [-0.2, -0.15) is 15.4 Å².